The molecule has 4 heteroatoms. The van der Waals surface area contributed by atoms with Gasteiger partial charge in [-0.25, -0.2) is 0 Å². The van der Waals surface area contributed by atoms with Crippen LogP contribution in [0.5, 0.6) is 0 Å². The minimum Gasteiger partial charge on any atom is -0.451 e. The van der Waals surface area contributed by atoms with Gasteiger partial charge < -0.3 is 14.3 Å². The molecule has 1 N–H and O–H groups in total. The first-order chi connectivity index (χ1) is 6.64. The standard InChI is InChI=1S/C10H13BrO3/c1-10(5-4-7(6-12)14-10)8-2-3-9(11)13-8/h2-3,7,12H,4-6H2,1H3. The summed E-state index contributed by atoms with van der Waals surface area (Å²) in [6, 6.07) is 3.76. The summed E-state index contributed by atoms with van der Waals surface area (Å²) in [5.74, 6) is 0.820. The average molecular weight is 261 g/mol. The van der Waals surface area contributed by atoms with E-state index in [4.69, 9.17) is 14.3 Å². The zero-order valence-electron chi connectivity index (χ0n) is 8.00. The number of hydrogen-bond donors (Lipinski definition) is 1. The summed E-state index contributed by atoms with van der Waals surface area (Å²) in [6.07, 6.45) is 1.72. The molecule has 0 aromatic carbocycles. The summed E-state index contributed by atoms with van der Waals surface area (Å²) in [5.41, 5.74) is -0.376. The summed E-state index contributed by atoms with van der Waals surface area (Å²) in [6.45, 7) is 2.07. The molecule has 1 fully saturated rings. The van der Waals surface area contributed by atoms with Gasteiger partial charge in [0.25, 0.3) is 0 Å². The van der Waals surface area contributed by atoms with Crippen LogP contribution < -0.4 is 0 Å². The molecule has 1 aromatic rings. The van der Waals surface area contributed by atoms with Crippen LogP contribution in [0.25, 0.3) is 0 Å². The third kappa shape index (κ3) is 1.74. The molecule has 0 radical (unpaired) electrons. The van der Waals surface area contributed by atoms with Gasteiger partial charge in [0.1, 0.15) is 11.4 Å². The lowest BCUT2D eigenvalue weighted by Crippen LogP contribution is -2.23. The molecule has 1 aliphatic heterocycles. The van der Waals surface area contributed by atoms with Crippen LogP contribution in [0, 0.1) is 0 Å². The molecule has 0 aliphatic carbocycles. The van der Waals surface area contributed by atoms with Crippen molar-refractivity contribution in [1.29, 1.82) is 0 Å². The number of halogens is 1. The van der Waals surface area contributed by atoms with E-state index in [9.17, 15) is 0 Å². The van der Waals surface area contributed by atoms with Gasteiger partial charge in [0.2, 0.25) is 0 Å². The molecule has 0 amide bonds. The molecule has 0 bridgehead atoms. The fourth-order valence-corrected chi connectivity index (χ4v) is 2.14. The van der Waals surface area contributed by atoms with E-state index in [0.29, 0.717) is 4.67 Å². The van der Waals surface area contributed by atoms with Crippen molar-refractivity contribution in [1.82, 2.24) is 0 Å². The maximum Gasteiger partial charge on any atom is 0.169 e. The molecule has 1 aliphatic rings. The second-order valence-corrected chi connectivity index (χ2v) is 4.58. The molecule has 0 saturated carbocycles. The van der Waals surface area contributed by atoms with Crippen LogP contribution >= 0.6 is 15.9 Å². The molecule has 78 valence electrons. The van der Waals surface area contributed by atoms with E-state index in [1.165, 1.54) is 0 Å². The lowest BCUT2D eigenvalue weighted by molar-refractivity contribution is -0.0634. The van der Waals surface area contributed by atoms with Gasteiger partial charge >= 0.3 is 0 Å². The van der Waals surface area contributed by atoms with E-state index in [1.54, 1.807) is 0 Å². The van der Waals surface area contributed by atoms with Crippen molar-refractivity contribution >= 4 is 15.9 Å². The van der Waals surface area contributed by atoms with Crippen molar-refractivity contribution in [3.8, 4) is 0 Å². The van der Waals surface area contributed by atoms with Crippen molar-refractivity contribution in [3.63, 3.8) is 0 Å². The van der Waals surface area contributed by atoms with Gasteiger partial charge in [-0.3, -0.25) is 0 Å². The Morgan fingerprint density at radius 1 is 1.64 bits per heavy atom. The second kappa shape index (κ2) is 3.68. The predicted molar refractivity (Wildman–Crippen MR) is 55.0 cm³/mol. The lowest BCUT2D eigenvalue weighted by Gasteiger charge is -2.21. The number of rotatable bonds is 2. The highest BCUT2D eigenvalue weighted by molar-refractivity contribution is 9.10. The Bertz CT molecular complexity index is 323. The predicted octanol–water partition coefficient (Wildman–Crippen LogP) is 2.43. The van der Waals surface area contributed by atoms with E-state index in [-0.39, 0.29) is 18.3 Å². The Balaban J connectivity index is 2.18. The normalized spacial score (nSPS) is 32.4. The van der Waals surface area contributed by atoms with Crippen LogP contribution in [0.1, 0.15) is 25.5 Å². The first-order valence-corrected chi connectivity index (χ1v) is 5.48. The zero-order valence-corrected chi connectivity index (χ0v) is 9.58. The highest BCUT2D eigenvalue weighted by Crippen LogP contribution is 2.40. The van der Waals surface area contributed by atoms with Gasteiger partial charge in [-0.2, -0.15) is 0 Å². The van der Waals surface area contributed by atoms with Gasteiger partial charge in [-0.1, -0.05) is 0 Å². The Kier molecular flexibility index (Phi) is 2.68. The molecule has 2 unspecified atom stereocenters. The average Bonchev–Trinajstić information content (AvgIpc) is 2.73. The molecule has 0 spiro atoms. The van der Waals surface area contributed by atoms with E-state index in [2.05, 4.69) is 15.9 Å². The number of ether oxygens (including phenoxy) is 1. The Labute approximate surface area is 91.2 Å². The van der Waals surface area contributed by atoms with Gasteiger partial charge in [0.05, 0.1) is 12.7 Å². The first-order valence-electron chi connectivity index (χ1n) is 4.68. The molecule has 2 heterocycles. The number of hydrogen-bond acceptors (Lipinski definition) is 3. The highest BCUT2D eigenvalue weighted by Gasteiger charge is 2.39. The quantitative estimate of drug-likeness (QED) is 0.889. The Morgan fingerprint density at radius 3 is 2.93 bits per heavy atom. The highest BCUT2D eigenvalue weighted by atomic mass is 79.9. The maximum absolute atomic E-state index is 8.99. The lowest BCUT2D eigenvalue weighted by atomic mass is 9.99. The van der Waals surface area contributed by atoms with Crippen LogP contribution in [-0.2, 0) is 10.3 Å². The molecule has 1 aromatic heterocycles. The molecule has 14 heavy (non-hydrogen) atoms. The van der Waals surface area contributed by atoms with Crippen LogP contribution in [0.3, 0.4) is 0 Å². The second-order valence-electron chi connectivity index (χ2n) is 3.80. The first kappa shape index (κ1) is 10.2. The largest absolute Gasteiger partial charge is 0.451 e. The van der Waals surface area contributed by atoms with E-state index in [0.717, 1.165) is 18.6 Å². The summed E-state index contributed by atoms with van der Waals surface area (Å²) in [4.78, 5) is 0. The zero-order chi connectivity index (χ0) is 10.2. The summed E-state index contributed by atoms with van der Waals surface area (Å²) >= 11 is 3.26. The van der Waals surface area contributed by atoms with Crippen molar-refractivity contribution in [2.45, 2.75) is 31.5 Å². The molecule has 2 atom stereocenters. The molecule has 1 saturated heterocycles. The molecular weight excluding hydrogens is 248 g/mol. The minimum absolute atomic E-state index is 0.0520. The molecular formula is C10H13BrO3. The van der Waals surface area contributed by atoms with Crippen molar-refractivity contribution in [2.75, 3.05) is 6.61 Å². The van der Waals surface area contributed by atoms with Gasteiger partial charge in [0.15, 0.2) is 4.67 Å². The monoisotopic (exact) mass is 260 g/mol. The third-order valence-electron chi connectivity index (χ3n) is 2.67. The van der Waals surface area contributed by atoms with Crippen LogP contribution in [0.4, 0.5) is 0 Å². The SMILES string of the molecule is CC1(c2ccc(Br)o2)CCC(CO)O1. The molecule has 3 nitrogen and oxygen atoms in total. The van der Waals surface area contributed by atoms with E-state index >= 15 is 0 Å². The van der Waals surface area contributed by atoms with Crippen molar-refractivity contribution in [3.05, 3.63) is 22.6 Å². The Hall–Kier alpha value is -0.320. The Morgan fingerprint density at radius 2 is 2.43 bits per heavy atom. The fourth-order valence-electron chi connectivity index (χ4n) is 1.83. The minimum atomic E-state index is -0.376. The smallest absolute Gasteiger partial charge is 0.169 e. The van der Waals surface area contributed by atoms with Gasteiger partial charge in [-0.05, 0) is 47.8 Å². The van der Waals surface area contributed by atoms with Gasteiger partial charge in [0, 0.05) is 0 Å². The molecule has 2 rings (SSSR count). The van der Waals surface area contributed by atoms with E-state index in [1.807, 2.05) is 19.1 Å². The summed E-state index contributed by atoms with van der Waals surface area (Å²) < 4.78 is 11.9. The van der Waals surface area contributed by atoms with Gasteiger partial charge in [-0.15, -0.1) is 0 Å². The third-order valence-corrected chi connectivity index (χ3v) is 3.09. The summed E-state index contributed by atoms with van der Waals surface area (Å²) in [5, 5.41) is 8.99. The number of aliphatic hydroxyl groups excluding tert-OH is 1. The van der Waals surface area contributed by atoms with Crippen LogP contribution in [-0.4, -0.2) is 17.8 Å². The maximum atomic E-state index is 8.99. The van der Waals surface area contributed by atoms with Crippen LogP contribution in [0.15, 0.2) is 21.2 Å². The number of furan rings is 1. The summed E-state index contributed by atoms with van der Waals surface area (Å²) in [7, 11) is 0. The number of aliphatic hydroxyl groups is 1. The topological polar surface area (TPSA) is 42.6 Å². The van der Waals surface area contributed by atoms with Crippen molar-refractivity contribution < 1.29 is 14.3 Å². The van der Waals surface area contributed by atoms with E-state index < -0.39 is 0 Å². The fraction of sp³-hybridized carbons (Fsp3) is 0.600. The van der Waals surface area contributed by atoms with Crippen LogP contribution in [0.2, 0.25) is 0 Å². The van der Waals surface area contributed by atoms with Crippen molar-refractivity contribution in [2.24, 2.45) is 0 Å².